The number of para-hydroxylation sites is 1. The largest absolute Gasteiger partial charge is 0.280 e. The van der Waals surface area contributed by atoms with Gasteiger partial charge in [-0.15, -0.1) is 0 Å². The molecular weight excluding hydrogens is 184 g/mol. The molecule has 0 saturated carbocycles. The van der Waals surface area contributed by atoms with Crippen LogP contribution >= 0.6 is 12.2 Å². The van der Waals surface area contributed by atoms with E-state index in [4.69, 9.17) is 17.6 Å². The molecule has 0 aliphatic rings. The van der Waals surface area contributed by atoms with E-state index in [0.29, 0.717) is 4.64 Å². The second-order valence-electron chi connectivity index (χ2n) is 2.59. The molecule has 0 unspecified atom stereocenters. The average molecular weight is 192 g/mol. The van der Waals surface area contributed by atoms with Crippen LogP contribution in [-0.4, -0.2) is 15.0 Å². The topological polar surface area (TPSA) is 60.4 Å². The van der Waals surface area contributed by atoms with E-state index >= 15 is 0 Å². The van der Waals surface area contributed by atoms with Gasteiger partial charge < -0.3 is 0 Å². The number of benzene rings is 1. The van der Waals surface area contributed by atoms with Crippen LogP contribution in [0.15, 0.2) is 30.3 Å². The van der Waals surface area contributed by atoms with Crippen LogP contribution in [0.2, 0.25) is 0 Å². The van der Waals surface area contributed by atoms with Gasteiger partial charge in [0.25, 0.3) is 0 Å². The zero-order chi connectivity index (χ0) is 9.26. The minimum absolute atomic E-state index is 0.265. The molecule has 0 spiro atoms. The number of nitrogens with one attached hydrogen (secondary N) is 3. The number of H-pyrrole nitrogens is 2. The van der Waals surface area contributed by atoms with Crippen molar-refractivity contribution in [2.45, 2.75) is 0 Å². The summed E-state index contributed by atoms with van der Waals surface area (Å²) in [5.74, 6) is 0. The fourth-order valence-electron chi connectivity index (χ4n) is 1.09. The van der Waals surface area contributed by atoms with Gasteiger partial charge in [-0.3, -0.25) is 10.5 Å². The molecule has 0 bridgehead atoms. The number of hydrogen-bond donors (Lipinski definition) is 3. The summed E-state index contributed by atoms with van der Waals surface area (Å²) in [6.07, 6.45) is 0. The van der Waals surface area contributed by atoms with Crippen molar-refractivity contribution >= 4 is 12.2 Å². The van der Waals surface area contributed by atoms with Gasteiger partial charge in [0, 0.05) is 0 Å². The zero-order valence-corrected chi connectivity index (χ0v) is 7.56. The maximum atomic E-state index is 7.61. The number of nitrogens with zero attached hydrogens (tertiary/aromatic N) is 1. The second kappa shape index (κ2) is 3.02. The first kappa shape index (κ1) is 8.00. The minimum Gasteiger partial charge on any atom is -0.280 e. The summed E-state index contributed by atoms with van der Waals surface area (Å²) >= 11 is 4.88. The van der Waals surface area contributed by atoms with Crippen molar-refractivity contribution in [1.29, 1.82) is 5.41 Å². The predicted molar refractivity (Wildman–Crippen MR) is 51.2 cm³/mol. The Morgan fingerprint density at radius 1 is 1.23 bits per heavy atom. The van der Waals surface area contributed by atoms with Crippen molar-refractivity contribution in [3.05, 3.63) is 40.5 Å². The molecule has 2 aromatic rings. The van der Waals surface area contributed by atoms with E-state index in [0.717, 1.165) is 5.69 Å². The lowest BCUT2D eigenvalue weighted by atomic mass is 10.3. The number of aromatic nitrogens is 3. The molecule has 0 radical (unpaired) electrons. The summed E-state index contributed by atoms with van der Waals surface area (Å²) in [5, 5.41) is 13.1. The molecule has 0 aliphatic heterocycles. The summed E-state index contributed by atoms with van der Waals surface area (Å²) in [5.41, 5.74) is 1.15. The fourth-order valence-corrected chi connectivity index (χ4v) is 1.23. The van der Waals surface area contributed by atoms with E-state index in [1.165, 1.54) is 0 Å². The van der Waals surface area contributed by atoms with Crippen molar-refractivity contribution in [1.82, 2.24) is 15.0 Å². The summed E-state index contributed by atoms with van der Waals surface area (Å²) < 4.78 is 1.99. The Labute approximate surface area is 79.3 Å². The Kier molecular flexibility index (Phi) is 1.86. The molecule has 2 rings (SSSR count). The number of rotatable bonds is 1. The van der Waals surface area contributed by atoms with Crippen LogP contribution in [0.1, 0.15) is 0 Å². The maximum absolute atomic E-state index is 7.61. The Balaban J connectivity index is 2.67. The molecule has 1 aromatic heterocycles. The van der Waals surface area contributed by atoms with E-state index in [9.17, 15) is 0 Å². The van der Waals surface area contributed by atoms with E-state index in [-0.39, 0.29) is 5.49 Å². The molecule has 13 heavy (non-hydrogen) atoms. The third-order valence-corrected chi connectivity index (χ3v) is 2.03. The third kappa shape index (κ3) is 1.33. The van der Waals surface area contributed by atoms with Crippen LogP contribution < -0.4 is 5.49 Å². The number of hydrogen-bond acceptors (Lipinski definition) is 2. The van der Waals surface area contributed by atoms with Crippen LogP contribution in [0.4, 0.5) is 0 Å². The van der Waals surface area contributed by atoms with Gasteiger partial charge in [-0.1, -0.05) is 30.4 Å². The molecule has 66 valence electrons. The third-order valence-electron chi connectivity index (χ3n) is 1.73. The van der Waals surface area contributed by atoms with Gasteiger partial charge in [-0.2, -0.15) is 0 Å². The van der Waals surface area contributed by atoms with Crippen LogP contribution in [0, 0.1) is 10.0 Å². The minimum atomic E-state index is 0.265. The molecule has 5 heteroatoms. The molecular formula is C8H8N4S. The Bertz CT molecular complexity index is 505. The molecule has 0 atom stereocenters. The normalized spacial score (nSPS) is 10.2. The van der Waals surface area contributed by atoms with Gasteiger partial charge in [0.1, 0.15) is 0 Å². The zero-order valence-electron chi connectivity index (χ0n) is 6.74. The lowest BCUT2D eigenvalue weighted by Crippen LogP contribution is -2.14. The molecule has 0 aliphatic carbocycles. The van der Waals surface area contributed by atoms with Crippen molar-refractivity contribution in [2.75, 3.05) is 0 Å². The first-order valence-corrected chi connectivity index (χ1v) is 4.19. The van der Waals surface area contributed by atoms with Crippen molar-refractivity contribution < 1.29 is 0 Å². The lowest BCUT2D eigenvalue weighted by Gasteiger charge is -1.98. The summed E-state index contributed by atoms with van der Waals surface area (Å²) in [6.45, 7) is 0. The standard InChI is InChI=1S/C8H8N4S/c9-7-8(13)10-11-12(7)6-4-2-1-3-5-6/h1-5,9,11H,(H,10,13). The highest BCUT2D eigenvalue weighted by Gasteiger charge is 1.97. The van der Waals surface area contributed by atoms with E-state index in [2.05, 4.69) is 10.3 Å². The first-order valence-electron chi connectivity index (χ1n) is 3.79. The lowest BCUT2D eigenvalue weighted by molar-refractivity contribution is 0.767. The van der Waals surface area contributed by atoms with Gasteiger partial charge in [-0.25, -0.2) is 9.90 Å². The van der Waals surface area contributed by atoms with Crippen molar-refractivity contribution in [3.8, 4) is 5.69 Å². The average Bonchev–Trinajstić information content (AvgIpc) is 2.49. The molecule has 3 N–H and O–H groups in total. The summed E-state index contributed by atoms with van der Waals surface area (Å²) in [7, 11) is 0. The second-order valence-corrected chi connectivity index (χ2v) is 2.99. The SMILES string of the molecule is N=c1c(=S)[nH][nH]n1-c1ccccc1. The highest BCUT2D eigenvalue weighted by atomic mass is 32.1. The summed E-state index contributed by atoms with van der Waals surface area (Å²) in [6, 6.07) is 9.54. The van der Waals surface area contributed by atoms with Crippen molar-refractivity contribution in [3.63, 3.8) is 0 Å². The maximum Gasteiger partial charge on any atom is 0.182 e. The molecule has 1 aromatic carbocycles. The van der Waals surface area contributed by atoms with Crippen LogP contribution in [-0.2, 0) is 0 Å². The van der Waals surface area contributed by atoms with E-state index < -0.39 is 0 Å². The van der Waals surface area contributed by atoms with Crippen LogP contribution in [0.25, 0.3) is 5.69 Å². The molecule has 0 amide bonds. The van der Waals surface area contributed by atoms with Gasteiger partial charge in [0.15, 0.2) is 10.1 Å². The van der Waals surface area contributed by atoms with Gasteiger partial charge >= 0.3 is 0 Å². The van der Waals surface area contributed by atoms with Crippen LogP contribution in [0.5, 0.6) is 0 Å². The smallest absolute Gasteiger partial charge is 0.182 e. The first-order chi connectivity index (χ1) is 6.29. The quantitative estimate of drug-likeness (QED) is 0.587. The Morgan fingerprint density at radius 3 is 2.46 bits per heavy atom. The van der Waals surface area contributed by atoms with E-state index in [1.54, 1.807) is 4.68 Å². The fraction of sp³-hybridized carbons (Fsp3) is 0. The molecule has 4 nitrogen and oxygen atoms in total. The monoisotopic (exact) mass is 192 g/mol. The van der Waals surface area contributed by atoms with Crippen LogP contribution in [0.3, 0.4) is 0 Å². The van der Waals surface area contributed by atoms with Gasteiger partial charge in [0.05, 0.1) is 5.69 Å². The Hall–Kier alpha value is -1.62. The van der Waals surface area contributed by atoms with Gasteiger partial charge in [-0.05, 0) is 12.1 Å². The van der Waals surface area contributed by atoms with Gasteiger partial charge in [0.2, 0.25) is 0 Å². The molecule has 0 fully saturated rings. The number of aromatic amines is 2. The summed E-state index contributed by atoms with van der Waals surface area (Å²) in [4.78, 5) is 0. The molecule has 0 saturated heterocycles. The predicted octanol–water partition coefficient (Wildman–Crippen LogP) is 1.34. The highest BCUT2D eigenvalue weighted by molar-refractivity contribution is 7.71. The molecule has 1 heterocycles. The van der Waals surface area contributed by atoms with E-state index in [1.807, 2.05) is 30.3 Å². The van der Waals surface area contributed by atoms with Crippen molar-refractivity contribution in [2.24, 2.45) is 0 Å². The Morgan fingerprint density at radius 2 is 1.92 bits per heavy atom. The highest BCUT2D eigenvalue weighted by Crippen LogP contribution is 2.00.